The average Bonchev–Trinajstić information content (AvgIpc) is 2.48. The standard InChI is InChI=1S/C13H26N4O3/c1-4-13(2,20-3)12(18)15-10-5-7-17(8-6-10)9-11(14)16-19/h10,19H,4-9H2,1-3H3,(H2,14,16)(H,15,18). The van der Waals surface area contributed by atoms with Gasteiger partial charge in [0.2, 0.25) is 0 Å². The number of amidine groups is 1. The van der Waals surface area contributed by atoms with Crippen molar-refractivity contribution in [3.63, 3.8) is 0 Å². The molecule has 1 aliphatic rings. The van der Waals surface area contributed by atoms with Crippen molar-refractivity contribution in [2.45, 2.75) is 44.8 Å². The number of rotatable bonds is 6. The maximum absolute atomic E-state index is 12.2. The molecule has 0 aromatic heterocycles. The quantitative estimate of drug-likeness (QED) is 0.279. The van der Waals surface area contributed by atoms with Crippen molar-refractivity contribution in [3.8, 4) is 0 Å². The van der Waals surface area contributed by atoms with Gasteiger partial charge >= 0.3 is 0 Å². The van der Waals surface area contributed by atoms with Gasteiger partial charge in [0.1, 0.15) is 5.60 Å². The molecule has 0 radical (unpaired) electrons. The third-order valence-corrected chi connectivity index (χ3v) is 4.04. The van der Waals surface area contributed by atoms with Gasteiger partial charge < -0.3 is 21.0 Å². The molecule has 4 N–H and O–H groups in total. The first-order chi connectivity index (χ1) is 9.45. The Kier molecular flexibility index (Phi) is 6.22. The van der Waals surface area contributed by atoms with E-state index in [1.165, 1.54) is 0 Å². The number of amides is 1. The van der Waals surface area contributed by atoms with Gasteiger partial charge in [-0.2, -0.15) is 0 Å². The summed E-state index contributed by atoms with van der Waals surface area (Å²) in [7, 11) is 1.56. The van der Waals surface area contributed by atoms with Crippen LogP contribution >= 0.6 is 0 Å². The summed E-state index contributed by atoms with van der Waals surface area (Å²) < 4.78 is 5.30. The van der Waals surface area contributed by atoms with Crippen LogP contribution in [0.2, 0.25) is 0 Å². The van der Waals surface area contributed by atoms with E-state index in [4.69, 9.17) is 15.7 Å². The van der Waals surface area contributed by atoms with E-state index in [1.807, 2.05) is 6.92 Å². The third-order valence-electron chi connectivity index (χ3n) is 4.04. The predicted octanol–water partition coefficient (Wildman–Crippen LogP) is 0.129. The van der Waals surface area contributed by atoms with Crippen molar-refractivity contribution in [2.24, 2.45) is 10.9 Å². The van der Waals surface area contributed by atoms with Crippen molar-refractivity contribution in [2.75, 3.05) is 26.7 Å². The van der Waals surface area contributed by atoms with Gasteiger partial charge in [0.25, 0.3) is 5.91 Å². The number of piperidine rings is 1. The van der Waals surface area contributed by atoms with Gasteiger partial charge in [-0.1, -0.05) is 12.1 Å². The van der Waals surface area contributed by atoms with E-state index in [0.717, 1.165) is 25.9 Å². The van der Waals surface area contributed by atoms with Crippen molar-refractivity contribution >= 4 is 11.7 Å². The highest BCUT2D eigenvalue weighted by Gasteiger charge is 2.33. The minimum absolute atomic E-state index is 0.0580. The minimum Gasteiger partial charge on any atom is -0.409 e. The molecule has 1 heterocycles. The number of methoxy groups -OCH3 is 1. The second-order valence-electron chi connectivity index (χ2n) is 5.40. The van der Waals surface area contributed by atoms with E-state index in [9.17, 15) is 4.79 Å². The highest BCUT2D eigenvalue weighted by atomic mass is 16.5. The Morgan fingerprint density at radius 3 is 2.60 bits per heavy atom. The van der Waals surface area contributed by atoms with Gasteiger partial charge in [-0.15, -0.1) is 0 Å². The smallest absolute Gasteiger partial charge is 0.252 e. The van der Waals surface area contributed by atoms with Gasteiger partial charge in [0, 0.05) is 26.2 Å². The lowest BCUT2D eigenvalue weighted by molar-refractivity contribution is -0.142. The van der Waals surface area contributed by atoms with Crippen LogP contribution in [0.15, 0.2) is 5.16 Å². The second-order valence-corrected chi connectivity index (χ2v) is 5.40. The normalized spacial score (nSPS) is 21.4. The molecule has 1 rings (SSSR count). The zero-order valence-electron chi connectivity index (χ0n) is 12.6. The maximum Gasteiger partial charge on any atom is 0.252 e. The zero-order valence-corrected chi connectivity index (χ0v) is 12.6. The molecule has 1 saturated heterocycles. The monoisotopic (exact) mass is 286 g/mol. The van der Waals surface area contributed by atoms with Crippen molar-refractivity contribution in [3.05, 3.63) is 0 Å². The van der Waals surface area contributed by atoms with E-state index in [0.29, 0.717) is 13.0 Å². The van der Waals surface area contributed by atoms with E-state index < -0.39 is 5.60 Å². The average molecular weight is 286 g/mol. The predicted molar refractivity (Wildman–Crippen MR) is 76.7 cm³/mol. The van der Waals surface area contributed by atoms with Gasteiger partial charge in [-0.25, -0.2) is 0 Å². The van der Waals surface area contributed by atoms with Crippen LogP contribution in [0.1, 0.15) is 33.1 Å². The Bertz CT molecular complexity index is 348. The summed E-state index contributed by atoms with van der Waals surface area (Å²) in [5.41, 5.74) is 4.73. The molecule has 20 heavy (non-hydrogen) atoms. The molecule has 1 aliphatic heterocycles. The van der Waals surface area contributed by atoms with E-state index >= 15 is 0 Å². The SMILES string of the molecule is CCC(C)(OC)C(=O)NC1CCN(CC(N)=NO)CC1. The van der Waals surface area contributed by atoms with Crippen molar-refractivity contribution in [1.29, 1.82) is 0 Å². The molecule has 0 aromatic carbocycles. The van der Waals surface area contributed by atoms with Crippen LogP contribution in [0.3, 0.4) is 0 Å². The van der Waals surface area contributed by atoms with Crippen molar-refractivity contribution < 1.29 is 14.7 Å². The molecule has 0 spiro atoms. The fourth-order valence-corrected chi connectivity index (χ4v) is 2.23. The lowest BCUT2D eigenvalue weighted by Gasteiger charge is -2.34. The highest BCUT2D eigenvalue weighted by Crippen LogP contribution is 2.16. The second kappa shape index (κ2) is 7.44. The van der Waals surface area contributed by atoms with Gasteiger partial charge in [-0.05, 0) is 26.2 Å². The fraction of sp³-hybridized carbons (Fsp3) is 0.846. The molecule has 0 aliphatic carbocycles. The molecule has 0 saturated carbocycles. The number of oxime groups is 1. The summed E-state index contributed by atoms with van der Waals surface area (Å²) >= 11 is 0. The molecule has 1 unspecified atom stereocenters. The largest absolute Gasteiger partial charge is 0.409 e. The lowest BCUT2D eigenvalue weighted by atomic mass is 9.99. The first-order valence-electron chi connectivity index (χ1n) is 7.00. The number of nitrogens with zero attached hydrogens (tertiary/aromatic N) is 2. The van der Waals surface area contributed by atoms with Gasteiger partial charge in [0.05, 0.1) is 6.54 Å². The van der Waals surface area contributed by atoms with E-state index in [-0.39, 0.29) is 17.8 Å². The third kappa shape index (κ3) is 4.35. The maximum atomic E-state index is 12.2. The Morgan fingerprint density at radius 1 is 1.55 bits per heavy atom. The van der Waals surface area contributed by atoms with Crippen LogP contribution in [-0.4, -0.2) is 60.2 Å². The Balaban J connectivity index is 2.41. The van der Waals surface area contributed by atoms with Crippen molar-refractivity contribution in [1.82, 2.24) is 10.2 Å². The Labute approximate surface area is 120 Å². The molecule has 0 aromatic rings. The zero-order chi connectivity index (χ0) is 15.2. The van der Waals surface area contributed by atoms with Gasteiger partial charge in [0.15, 0.2) is 5.84 Å². The summed E-state index contributed by atoms with van der Waals surface area (Å²) in [6, 6.07) is 0.159. The number of nitrogens with two attached hydrogens (primary N) is 1. The van der Waals surface area contributed by atoms with E-state index in [2.05, 4.69) is 15.4 Å². The summed E-state index contributed by atoms with van der Waals surface area (Å²) in [6.07, 6.45) is 2.35. The minimum atomic E-state index is -0.759. The molecular weight excluding hydrogens is 260 g/mol. The number of hydrogen-bond donors (Lipinski definition) is 3. The highest BCUT2D eigenvalue weighted by molar-refractivity contribution is 5.85. The number of likely N-dealkylation sites (tertiary alicyclic amines) is 1. The molecule has 7 nitrogen and oxygen atoms in total. The van der Waals surface area contributed by atoms with Crippen LogP contribution in [0.4, 0.5) is 0 Å². The summed E-state index contributed by atoms with van der Waals surface area (Å²) in [6.45, 7) is 5.83. The first-order valence-corrected chi connectivity index (χ1v) is 7.00. The Hall–Kier alpha value is -1.34. The molecular formula is C13H26N4O3. The topological polar surface area (TPSA) is 100 Å². The molecule has 0 bridgehead atoms. The molecule has 116 valence electrons. The molecule has 7 heteroatoms. The van der Waals surface area contributed by atoms with Crippen LogP contribution in [-0.2, 0) is 9.53 Å². The van der Waals surface area contributed by atoms with Gasteiger partial charge in [-0.3, -0.25) is 9.69 Å². The molecule has 1 atom stereocenters. The number of carbonyl (C=O) groups excluding carboxylic acids is 1. The lowest BCUT2D eigenvalue weighted by Crippen LogP contribution is -2.52. The van der Waals surface area contributed by atoms with Crippen LogP contribution in [0.25, 0.3) is 0 Å². The van der Waals surface area contributed by atoms with Crippen LogP contribution in [0.5, 0.6) is 0 Å². The number of carbonyl (C=O) groups is 1. The number of nitrogens with one attached hydrogen (secondary N) is 1. The van der Waals surface area contributed by atoms with Crippen LogP contribution in [0, 0.1) is 0 Å². The molecule has 1 fully saturated rings. The number of ether oxygens (including phenoxy) is 1. The summed E-state index contributed by atoms with van der Waals surface area (Å²) in [5.74, 6) is 0.155. The fourth-order valence-electron chi connectivity index (χ4n) is 2.23. The summed E-state index contributed by atoms with van der Waals surface area (Å²) in [5, 5.41) is 14.6. The van der Waals surface area contributed by atoms with Crippen LogP contribution < -0.4 is 11.1 Å². The van der Waals surface area contributed by atoms with E-state index in [1.54, 1.807) is 14.0 Å². The summed E-state index contributed by atoms with van der Waals surface area (Å²) in [4.78, 5) is 14.3. The Morgan fingerprint density at radius 2 is 2.15 bits per heavy atom. The number of hydrogen-bond acceptors (Lipinski definition) is 5. The molecule has 1 amide bonds. The first kappa shape index (κ1) is 16.7.